The molecule has 1 aromatic carbocycles. The minimum absolute atomic E-state index is 0.157. The van der Waals surface area contributed by atoms with E-state index in [9.17, 15) is 18.7 Å². The SMILES string of the molecule is O=C1NCc2nc(-c3c(F)cccc3F)cc(Cc3ccc(N4CCCC(O)C4)cn3)c21. The van der Waals surface area contributed by atoms with Crippen molar-refractivity contribution >= 4 is 11.6 Å². The van der Waals surface area contributed by atoms with E-state index in [0.29, 0.717) is 29.8 Å². The Kier molecular flexibility index (Phi) is 5.30. The summed E-state index contributed by atoms with van der Waals surface area (Å²) in [4.78, 5) is 23.4. The number of aliphatic hydroxyl groups is 1. The molecule has 1 fully saturated rings. The van der Waals surface area contributed by atoms with Gasteiger partial charge >= 0.3 is 0 Å². The smallest absolute Gasteiger partial charge is 0.253 e. The van der Waals surface area contributed by atoms with Crippen molar-refractivity contribution in [1.29, 1.82) is 0 Å². The van der Waals surface area contributed by atoms with E-state index in [4.69, 9.17) is 0 Å². The second-order valence-corrected chi connectivity index (χ2v) is 8.19. The molecule has 4 heterocycles. The van der Waals surface area contributed by atoms with Crippen molar-refractivity contribution in [2.75, 3.05) is 18.0 Å². The molecule has 1 unspecified atom stereocenters. The number of anilines is 1. The fraction of sp³-hybridized carbons (Fsp3) is 0.292. The van der Waals surface area contributed by atoms with Gasteiger partial charge in [-0.1, -0.05) is 6.07 Å². The molecule has 0 radical (unpaired) electrons. The molecule has 32 heavy (non-hydrogen) atoms. The molecule has 2 aromatic heterocycles. The molecule has 164 valence electrons. The van der Waals surface area contributed by atoms with Gasteiger partial charge in [0.1, 0.15) is 11.6 Å². The molecule has 2 aliphatic rings. The van der Waals surface area contributed by atoms with Crippen LogP contribution in [0.25, 0.3) is 11.3 Å². The number of nitrogens with one attached hydrogen (secondary N) is 1. The number of benzene rings is 1. The predicted molar refractivity (Wildman–Crippen MR) is 115 cm³/mol. The summed E-state index contributed by atoms with van der Waals surface area (Å²) in [5, 5.41) is 12.6. The van der Waals surface area contributed by atoms with Gasteiger partial charge in [-0.3, -0.25) is 9.78 Å². The first-order chi connectivity index (χ1) is 15.5. The van der Waals surface area contributed by atoms with Crippen LogP contribution in [0.1, 0.15) is 40.2 Å². The van der Waals surface area contributed by atoms with Crippen LogP contribution in [0.2, 0.25) is 0 Å². The van der Waals surface area contributed by atoms with Crippen molar-refractivity contribution in [3.8, 4) is 11.3 Å². The highest BCUT2D eigenvalue weighted by molar-refractivity contribution is 5.99. The van der Waals surface area contributed by atoms with Crippen LogP contribution in [0.5, 0.6) is 0 Å². The molecule has 1 atom stereocenters. The van der Waals surface area contributed by atoms with Crippen LogP contribution in [-0.4, -0.2) is 40.2 Å². The molecule has 8 heteroatoms. The minimum Gasteiger partial charge on any atom is -0.391 e. The molecule has 6 nitrogen and oxygen atoms in total. The second-order valence-electron chi connectivity index (χ2n) is 8.19. The summed E-state index contributed by atoms with van der Waals surface area (Å²) < 4.78 is 28.7. The van der Waals surface area contributed by atoms with Crippen LogP contribution < -0.4 is 10.2 Å². The number of pyridine rings is 2. The van der Waals surface area contributed by atoms with E-state index in [1.165, 1.54) is 18.2 Å². The molecular weight excluding hydrogens is 414 g/mol. The topological polar surface area (TPSA) is 78.4 Å². The van der Waals surface area contributed by atoms with Crippen molar-refractivity contribution in [1.82, 2.24) is 15.3 Å². The third kappa shape index (κ3) is 3.82. The first-order valence-electron chi connectivity index (χ1n) is 10.6. The summed E-state index contributed by atoms with van der Waals surface area (Å²) in [6, 6.07) is 9.07. The summed E-state index contributed by atoms with van der Waals surface area (Å²) >= 11 is 0. The number of amides is 1. The number of halogens is 2. The van der Waals surface area contributed by atoms with Crippen molar-refractivity contribution in [3.05, 3.63) is 76.7 Å². The number of aliphatic hydroxyl groups excluding tert-OH is 1. The number of aromatic nitrogens is 2. The molecule has 0 bridgehead atoms. The summed E-state index contributed by atoms with van der Waals surface area (Å²) in [7, 11) is 0. The van der Waals surface area contributed by atoms with E-state index in [0.717, 1.165) is 30.8 Å². The Morgan fingerprint density at radius 3 is 2.69 bits per heavy atom. The average molecular weight is 436 g/mol. The largest absolute Gasteiger partial charge is 0.391 e. The van der Waals surface area contributed by atoms with Crippen molar-refractivity contribution in [2.24, 2.45) is 0 Å². The normalized spacial score (nSPS) is 17.9. The van der Waals surface area contributed by atoms with Crippen LogP contribution in [-0.2, 0) is 13.0 Å². The number of carbonyl (C=O) groups excluding carboxylic acids is 1. The van der Waals surface area contributed by atoms with Crippen LogP contribution in [0.4, 0.5) is 14.5 Å². The Morgan fingerprint density at radius 2 is 1.97 bits per heavy atom. The quantitative estimate of drug-likeness (QED) is 0.657. The fourth-order valence-corrected chi connectivity index (χ4v) is 4.42. The molecule has 0 spiro atoms. The monoisotopic (exact) mass is 436 g/mol. The van der Waals surface area contributed by atoms with E-state index >= 15 is 0 Å². The average Bonchev–Trinajstić information content (AvgIpc) is 3.15. The van der Waals surface area contributed by atoms with Gasteiger partial charge in [-0.25, -0.2) is 13.8 Å². The number of nitrogens with zero attached hydrogens (tertiary/aromatic N) is 3. The highest BCUT2D eigenvalue weighted by Crippen LogP contribution is 2.30. The predicted octanol–water partition coefficient (Wildman–Crippen LogP) is 3.22. The molecule has 1 saturated heterocycles. The fourth-order valence-electron chi connectivity index (χ4n) is 4.42. The lowest BCUT2D eigenvalue weighted by Crippen LogP contribution is -2.38. The molecule has 2 aliphatic heterocycles. The van der Waals surface area contributed by atoms with Gasteiger partial charge in [0.25, 0.3) is 5.91 Å². The van der Waals surface area contributed by atoms with Crippen LogP contribution in [0.15, 0.2) is 42.6 Å². The number of hydrogen-bond donors (Lipinski definition) is 2. The Morgan fingerprint density at radius 1 is 1.16 bits per heavy atom. The summed E-state index contributed by atoms with van der Waals surface area (Å²) in [6.07, 6.45) is 3.48. The van der Waals surface area contributed by atoms with Crippen LogP contribution in [0.3, 0.4) is 0 Å². The summed E-state index contributed by atoms with van der Waals surface area (Å²) in [5.74, 6) is -1.65. The van der Waals surface area contributed by atoms with E-state index in [1.54, 1.807) is 12.3 Å². The number of hydrogen-bond acceptors (Lipinski definition) is 5. The molecule has 5 rings (SSSR count). The van der Waals surface area contributed by atoms with Gasteiger partial charge in [0.2, 0.25) is 0 Å². The van der Waals surface area contributed by atoms with Crippen LogP contribution >= 0.6 is 0 Å². The molecule has 1 amide bonds. The molecule has 0 aliphatic carbocycles. The number of fused-ring (bicyclic) bond motifs is 1. The lowest BCUT2D eigenvalue weighted by Gasteiger charge is -2.31. The molecule has 0 saturated carbocycles. The summed E-state index contributed by atoms with van der Waals surface area (Å²) in [6.45, 7) is 1.67. The highest BCUT2D eigenvalue weighted by atomic mass is 19.1. The first kappa shape index (κ1) is 20.5. The van der Waals surface area contributed by atoms with Gasteiger partial charge in [0, 0.05) is 25.2 Å². The maximum absolute atomic E-state index is 14.4. The number of carbonyl (C=O) groups is 1. The van der Waals surface area contributed by atoms with Gasteiger partial charge in [-0.15, -0.1) is 0 Å². The first-order valence-corrected chi connectivity index (χ1v) is 10.6. The van der Waals surface area contributed by atoms with Gasteiger partial charge in [0.05, 0.1) is 47.0 Å². The Bertz CT molecular complexity index is 1160. The molecule has 2 N–H and O–H groups in total. The van der Waals surface area contributed by atoms with E-state index < -0.39 is 11.6 Å². The Balaban J connectivity index is 1.48. The van der Waals surface area contributed by atoms with Crippen molar-refractivity contribution in [2.45, 2.75) is 31.9 Å². The zero-order valence-electron chi connectivity index (χ0n) is 17.3. The van der Waals surface area contributed by atoms with E-state index in [1.807, 2.05) is 12.1 Å². The van der Waals surface area contributed by atoms with E-state index in [-0.39, 0.29) is 29.8 Å². The number of piperidine rings is 1. The third-order valence-electron chi connectivity index (χ3n) is 5.98. The molecule has 3 aromatic rings. The van der Waals surface area contributed by atoms with Crippen molar-refractivity contribution < 1.29 is 18.7 Å². The second kappa shape index (κ2) is 8.27. The zero-order chi connectivity index (χ0) is 22.2. The van der Waals surface area contributed by atoms with Gasteiger partial charge in [-0.05, 0) is 48.7 Å². The van der Waals surface area contributed by atoms with Crippen LogP contribution in [0, 0.1) is 11.6 Å². The van der Waals surface area contributed by atoms with E-state index in [2.05, 4.69) is 20.2 Å². The standard InChI is InChI=1S/C24H22F2N4O2/c25-18-4-1-5-19(26)23(18)20-10-14(22-21(29-20)12-28-24(22)32)9-15-6-7-16(11-27-15)30-8-2-3-17(31)13-30/h1,4-7,10-11,17,31H,2-3,8-9,12-13H2,(H,28,32). The minimum atomic E-state index is -0.702. The number of β-amino-alcohol motifs (C(OH)–C–C–N with tert-alkyl or cyclic N) is 1. The highest BCUT2D eigenvalue weighted by Gasteiger charge is 2.27. The van der Waals surface area contributed by atoms with Crippen molar-refractivity contribution in [3.63, 3.8) is 0 Å². The van der Waals surface area contributed by atoms with Gasteiger partial charge in [-0.2, -0.15) is 0 Å². The Labute approximate surface area is 183 Å². The Hall–Kier alpha value is -3.39. The lowest BCUT2D eigenvalue weighted by molar-refractivity contribution is 0.0965. The van der Waals surface area contributed by atoms with Gasteiger partial charge in [0.15, 0.2) is 0 Å². The lowest BCUT2D eigenvalue weighted by atomic mass is 9.98. The third-order valence-corrected chi connectivity index (χ3v) is 5.98. The van der Waals surface area contributed by atoms with Gasteiger partial charge < -0.3 is 15.3 Å². The molecular formula is C24H22F2N4O2. The zero-order valence-corrected chi connectivity index (χ0v) is 17.3. The number of rotatable bonds is 4. The maximum Gasteiger partial charge on any atom is 0.253 e. The summed E-state index contributed by atoms with van der Waals surface area (Å²) in [5.41, 5.74) is 3.14. The maximum atomic E-state index is 14.4.